The van der Waals surface area contributed by atoms with Crippen molar-refractivity contribution in [1.29, 1.82) is 0 Å². The van der Waals surface area contributed by atoms with Crippen molar-refractivity contribution in [3.63, 3.8) is 0 Å². The molecule has 2 aliphatic carbocycles. The highest BCUT2D eigenvalue weighted by atomic mass is 16.3. The van der Waals surface area contributed by atoms with Gasteiger partial charge in [0.05, 0.1) is 11.7 Å². The summed E-state index contributed by atoms with van der Waals surface area (Å²) in [6, 6.07) is 0. The molecular formula is C15H26O3. The van der Waals surface area contributed by atoms with Gasteiger partial charge in [0.15, 0.2) is 0 Å². The second kappa shape index (κ2) is 4.32. The number of hydrogen-bond donors (Lipinski definition) is 3. The van der Waals surface area contributed by atoms with Crippen molar-refractivity contribution in [2.45, 2.75) is 64.3 Å². The maximum absolute atomic E-state index is 10.2. The Kier molecular flexibility index (Phi) is 3.37. The zero-order chi connectivity index (χ0) is 13.7. The third-order valence-electron chi connectivity index (χ3n) is 5.29. The minimum absolute atomic E-state index is 0.0253. The van der Waals surface area contributed by atoms with E-state index >= 15 is 0 Å². The van der Waals surface area contributed by atoms with Crippen molar-refractivity contribution in [3.8, 4) is 0 Å². The summed E-state index contributed by atoms with van der Waals surface area (Å²) in [7, 11) is 0. The predicted octanol–water partition coefficient (Wildman–Crippen LogP) is 1.86. The highest BCUT2D eigenvalue weighted by Crippen LogP contribution is 2.54. The molecule has 0 bridgehead atoms. The molecule has 0 unspecified atom stereocenters. The molecule has 2 saturated carbocycles. The third-order valence-corrected chi connectivity index (χ3v) is 5.29. The zero-order valence-corrected chi connectivity index (χ0v) is 11.7. The molecule has 0 radical (unpaired) electrons. The second-order valence-corrected chi connectivity index (χ2v) is 7.12. The normalized spacial score (nSPS) is 45.8. The molecule has 0 aliphatic heterocycles. The SMILES string of the molecule is C=C1[C@@H](O)[C@H](O)C[C@]2(C)CC[C@@H](C(C)(C)O)C[C@H]12. The molecule has 0 aromatic heterocycles. The van der Waals surface area contributed by atoms with Gasteiger partial charge < -0.3 is 15.3 Å². The number of aliphatic hydroxyl groups excluding tert-OH is 2. The monoisotopic (exact) mass is 254 g/mol. The lowest BCUT2D eigenvalue weighted by atomic mass is 9.54. The molecule has 2 fully saturated rings. The van der Waals surface area contributed by atoms with Crippen LogP contribution in [-0.4, -0.2) is 33.1 Å². The molecule has 0 aromatic rings. The van der Waals surface area contributed by atoms with Crippen molar-refractivity contribution in [2.75, 3.05) is 0 Å². The van der Waals surface area contributed by atoms with Crippen LogP contribution < -0.4 is 0 Å². The summed E-state index contributed by atoms with van der Waals surface area (Å²) >= 11 is 0. The van der Waals surface area contributed by atoms with E-state index in [1.807, 2.05) is 13.8 Å². The quantitative estimate of drug-likeness (QED) is 0.626. The molecule has 104 valence electrons. The van der Waals surface area contributed by atoms with E-state index < -0.39 is 17.8 Å². The Morgan fingerprint density at radius 1 is 1.33 bits per heavy atom. The Balaban J connectivity index is 2.22. The van der Waals surface area contributed by atoms with E-state index in [0.717, 1.165) is 24.8 Å². The molecule has 3 nitrogen and oxygen atoms in total. The van der Waals surface area contributed by atoms with E-state index in [2.05, 4.69) is 13.5 Å². The minimum Gasteiger partial charge on any atom is -0.390 e. The molecule has 0 spiro atoms. The maximum Gasteiger partial charge on any atom is 0.101 e. The van der Waals surface area contributed by atoms with Crippen molar-refractivity contribution >= 4 is 0 Å². The first-order chi connectivity index (χ1) is 8.15. The first kappa shape index (κ1) is 14.0. The van der Waals surface area contributed by atoms with Crippen LogP contribution in [0, 0.1) is 17.3 Å². The van der Waals surface area contributed by atoms with E-state index in [0.29, 0.717) is 6.42 Å². The second-order valence-electron chi connectivity index (χ2n) is 7.12. The summed E-state index contributed by atoms with van der Waals surface area (Å²) in [5.74, 6) is 0.454. The van der Waals surface area contributed by atoms with Gasteiger partial charge in [-0.15, -0.1) is 0 Å². The molecule has 0 saturated heterocycles. The Hall–Kier alpha value is -0.380. The number of rotatable bonds is 1. The fourth-order valence-corrected chi connectivity index (χ4v) is 3.89. The van der Waals surface area contributed by atoms with Gasteiger partial charge in [0.1, 0.15) is 6.10 Å². The molecule has 0 heterocycles. The highest BCUT2D eigenvalue weighted by Gasteiger charge is 2.50. The van der Waals surface area contributed by atoms with Gasteiger partial charge in [-0.25, -0.2) is 0 Å². The van der Waals surface area contributed by atoms with Gasteiger partial charge in [-0.1, -0.05) is 13.5 Å². The predicted molar refractivity (Wildman–Crippen MR) is 71.0 cm³/mol. The van der Waals surface area contributed by atoms with Gasteiger partial charge in [-0.3, -0.25) is 0 Å². The summed E-state index contributed by atoms with van der Waals surface area (Å²) in [5, 5.41) is 30.1. The molecular weight excluding hydrogens is 228 g/mol. The van der Waals surface area contributed by atoms with Crippen molar-refractivity contribution in [3.05, 3.63) is 12.2 Å². The largest absolute Gasteiger partial charge is 0.390 e. The van der Waals surface area contributed by atoms with Crippen LogP contribution in [-0.2, 0) is 0 Å². The molecule has 18 heavy (non-hydrogen) atoms. The summed E-state index contributed by atoms with van der Waals surface area (Å²) in [5.41, 5.74) is 0.102. The van der Waals surface area contributed by atoms with Crippen LogP contribution in [0.4, 0.5) is 0 Å². The molecule has 0 aromatic carbocycles. The fourth-order valence-electron chi connectivity index (χ4n) is 3.89. The zero-order valence-electron chi connectivity index (χ0n) is 11.7. The Morgan fingerprint density at radius 3 is 2.50 bits per heavy atom. The van der Waals surface area contributed by atoms with Crippen LogP contribution in [0.2, 0.25) is 0 Å². The summed E-state index contributed by atoms with van der Waals surface area (Å²) < 4.78 is 0. The number of hydrogen-bond acceptors (Lipinski definition) is 3. The van der Waals surface area contributed by atoms with E-state index in [-0.39, 0.29) is 17.3 Å². The van der Waals surface area contributed by atoms with Gasteiger partial charge in [0.2, 0.25) is 0 Å². The molecule has 3 heteroatoms. The first-order valence-corrected chi connectivity index (χ1v) is 6.92. The minimum atomic E-state index is -0.802. The van der Waals surface area contributed by atoms with E-state index in [4.69, 9.17) is 0 Å². The van der Waals surface area contributed by atoms with Gasteiger partial charge in [0, 0.05) is 0 Å². The summed E-state index contributed by atoms with van der Waals surface area (Å²) in [4.78, 5) is 0. The van der Waals surface area contributed by atoms with Crippen LogP contribution >= 0.6 is 0 Å². The van der Waals surface area contributed by atoms with E-state index in [1.54, 1.807) is 0 Å². The fraction of sp³-hybridized carbons (Fsp3) is 0.867. The molecule has 2 aliphatic rings. The Labute approximate surface area is 110 Å². The Bertz CT molecular complexity index is 344. The van der Waals surface area contributed by atoms with E-state index in [1.165, 1.54) is 0 Å². The lowest BCUT2D eigenvalue weighted by Gasteiger charge is -2.53. The third kappa shape index (κ3) is 2.24. The van der Waals surface area contributed by atoms with Gasteiger partial charge in [-0.05, 0) is 62.4 Å². The molecule has 5 atom stereocenters. The van der Waals surface area contributed by atoms with Gasteiger partial charge in [0.25, 0.3) is 0 Å². The number of fused-ring (bicyclic) bond motifs is 1. The lowest BCUT2D eigenvalue weighted by molar-refractivity contribution is -0.0868. The lowest BCUT2D eigenvalue weighted by Crippen LogP contribution is -2.51. The maximum atomic E-state index is 10.2. The topological polar surface area (TPSA) is 60.7 Å². The van der Waals surface area contributed by atoms with Gasteiger partial charge in [-0.2, -0.15) is 0 Å². The first-order valence-electron chi connectivity index (χ1n) is 6.92. The molecule has 2 rings (SSSR count). The van der Waals surface area contributed by atoms with Crippen molar-refractivity contribution < 1.29 is 15.3 Å². The van der Waals surface area contributed by atoms with Crippen molar-refractivity contribution in [2.24, 2.45) is 17.3 Å². The molecule has 0 amide bonds. The molecule has 3 N–H and O–H groups in total. The average molecular weight is 254 g/mol. The smallest absolute Gasteiger partial charge is 0.101 e. The van der Waals surface area contributed by atoms with Crippen LogP contribution in [0.5, 0.6) is 0 Å². The van der Waals surface area contributed by atoms with Gasteiger partial charge >= 0.3 is 0 Å². The number of aliphatic hydroxyl groups is 3. The Morgan fingerprint density at radius 2 is 1.94 bits per heavy atom. The van der Waals surface area contributed by atoms with Crippen LogP contribution in [0.15, 0.2) is 12.2 Å². The average Bonchev–Trinajstić information content (AvgIpc) is 2.24. The van der Waals surface area contributed by atoms with Crippen LogP contribution in [0.25, 0.3) is 0 Å². The van der Waals surface area contributed by atoms with E-state index in [9.17, 15) is 15.3 Å². The summed E-state index contributed by atoms with van der Waals surface area (Å²) in [6.07, 6.45) is 1.97. The standard InChI is InChI=1S/C15H26O3/c1-9-11-7-10(14(2,3)18)5-6-15(11,4)8-12(16)13(9)17/h10-13,16-18H,1,5-8H2,2-4H3/t10-,11-,12-,13-,15+/m1/s1. The van der Waals surface area contributed by atoms with Crippen LogP contribution in [0.1, 0.15) is 46.5 Å². The highest BCUT2D eigenvalue weighted by molar-refractivity contribution is 5.20. The van der Waals surface area contributed by atoms with Crippen LogP contribution in [0.3, 0.4) is 0 Å². The summed E-state index contributed by atoms with van der Waals surface area (Å²) in [6.45, 7) is 9.90. The van der Waals surface area contributed by atoms with Crippen molar-refractivity contribution in [1.82, 2.24) is 0 Å².